The van der Waals surface area contributed by atoms with Gasteiger partial charge in [-0.05, 0) is 55.5 Å². The second kappa shape index (κ2) is 8.24. The Hall–Kier alpha value is -3.16. The predicted molar refractivity (Wildman–Crippen MR) is 98.7 cm³/mol. The van der Waals surface area contributed by atoms with Crippen molar-refractivity contribution in [3.63, 3.8) is 0 Å². The largest absolute Gasteiger partial charge is 0.337 e. The van der Waals surface area contributed by atoms with E-state index in [4.69, 9.17) is 4.52 Å². The summed E-state index contributed by atoms with van der Waals surface area (Å²) in [6.07, 6.45) is 6.55. The zero-order valence-corrected chi connectivity index (χ0v) is 15.3. The highest BCUT2D eigenvalue weighted by Gasteiger charge is 2.25. The number of benzene rings is 1. The number of hydrogen-bond donors (Lipinski definition) is 0. The van der Waals surface area contributed by atoms with E-state index in [1.807, 2.05) is 4.90 Å². The van der Waals surface area contributed by atoms with Crippen molar-refractivity contribution < 1.29 is 13.7 Å². The molecule has 1 aromatic carbocycles. The average molecular weight is 381 g/mol. The Labute approximate surface area is 161 Å². The van der Waals surface area contributed by atoms with Crippen LogP contribution in [0.5, 0.6) is 0 Å². The first-order valence-corrected chi connectivity index (χ1v) is 9.33. The van der Waals surface area contributed by atoms with E-state index in [0.29, 0.717) is 41.9 Å². The SMILES string of the molecule is O=C(c1ccncn1)N1CCCC(CCc2noc(-c3ccc(F)cc3)n2)C1. The molecule has 0 bridgehead atoms. The van der Waals surface area contributed by atoms with Gasteiger partial charge >= 0.3 is 0 Å². The summed E-state index contributed by atoms with van der Waals surface area (Å²) < 4.78 is 18.3. The monoisotopic (exact) mass is 381 g/mol. The average Bonchev–Trinajstić information content (AvgIpc) is 3.22. The number of nitrogens with zero attached hydrogens (tertiary/aromatic N) is 5. The van der Waals surface area contributed by atoms with Gasteiger partial charge in [-0.3, -0.25) is 4.79 Å². The van der Waals surface area contributed by atoms with E-state index in [1.54, 1.807) is 24.4 Å². The fourth-order valence-electron chi connectivity index (χ4n) is 3.46. The van der Waals surface area contributed by atoms with Crippen molar-refractivity contribution in [1.82, 2.24) is 25.0 Å². The minimum atomic E-state index is -0.304. The lowest BCUT2D eigenvalue weighted by Crippen LogP contribution is -2.40. The number of likely N-dealkylation sites (tertiary alicyclic amines) is 1. The van der Waals surface area contributed by atoms with Gasteiger partial charge in [0.05, 0.1) is 0 Å². The molecule has 0 aliphatic carbocycles. The first-order valence-electron chi connectivity index (χ1n) is 9.33. The summed E-state index contributed by atoms with van der Waals surface area (Å²) in [5.41, 5.74) is 1.12. The van der Waals surface area contributed by atoms with Crippen molar-refractivity contribution >= 4 is 5.91 Å². The van der Waals surface area contributed by atoms with Crippen molar-refractivity contribution in [2.75, 3.05) is 13.1 Å². The molecule has 144 valence electrons. The van der Waals surface area contributed by atoms with Crippen LogP contribution in [0.3, 0.4) is 0 Å². The van der Waals surface area contributed by atoms with Crippen LogP contribution in [-0.2, 0) is 6.42 Å². The Balaban J connectivity index is 1.34. The maximum Gasteiger partial charge on any atom is 0.272 e. The quantitative estimate of drug-likeness (QED) is 0.675. The normalized spacial score (nSPS) is 16.9. The molecule has 0 saturated carbocycles. The number of hydrogen-bond acceptors (Lipinski definition) is 6. The van der Waals surface area contributed by atoms with Crippen LogP contribution >= 0.6 is 0 Å². The molecule has 3 aromatic rings. The summed E-state index contributed by atoms with van der Waals surface area (Å²) in [6, 6.07) is 7.60. The molecule has 7 nitrogen and oxygen atoms in total. The number of carbonyl (C=O) groups is 1. The summed E-state index contributed by atoms with van der Waals surface area (Å²) >= 11 is 0. The first-order chi connectivity index (χ1) is 13.7. The standard InChI is InChI=1S/C20H20FN5O2/c21-16-6-4-15(5-7-16)19-24-18(25-28-19)8-3-14-2-1-11-26(12-14)20(27)17-9-10-22-13-23-17/h4-7,9-10,13-14H,1-3,8,11-12H2. The summed E-state index contributed by atoms with van der Waals surface area (Å²) in [4.78, 5) is 26.7. The Kier molecular flexibility index (Phi) is 5.36. The molecule has 3 heterocycles. The Morgan fingerprint density at radius 2 is 2.11 bits per heavy atom. The van der Waals surface area contributed by atoms with Gasteiger partial charge in [-0.25, -0.2) is 14.4 Å². The third-order valence-electron chi connectivity index (χ3n) is 4.94. The Morgan fingerprint density at radius 3 is 2.89 bits per heavy atom. The Morgan fingerprint density at radius 1 is 1.25 bits per heavy atom. The van der Waals surface area contributed by atoms with Crippen molar-refractivity contribution in [3.05, 3.63) is 60.2 Å². The van der Waals surface area contributed by atoms with Gasteiger partial charge in [0.25, 0.3) is 11.8 Å². The van der Waals surface area contributed by atoms with Crippen molar-refractivity contribution in [3.8, 4) is 11.5 Å². The van der Waals surface area contributed by atoms with Crippen LogP contribution in [-0.4, -0.2) is 44.0 Å². The zero-order valence-electron chi connectivity index (χ0n) is 15.3. The highest BCUT2D eigenvalue weighted by atomic mass is 19.1. The van der Waals surface area contributed by atoms with Gasteiger partial charge in [0.2, 0.25) is 0 Å². The molecular formula is C20H20FN5O2. The highest BCUT2D eigenvalue weighted by Crippen LogP contribution is 2.23. The van der Waals surface area contributed by atoms with E-state index in [1.165, 1.54) is 18.5 Å². The van der Waals surface area contributed by atoms with E-state index in [-0.39, 0.29) is 11.7 Å². The molecule has 1 fully saturated rings. The highest BCUT2D eigenvalue weighted by molar-refractivity contribution is 5.92. The summed E-state index contributed by atoms with van der Waals surface area (Å²) in [5, 5.41) is 4.02. The Bertz CT molecular complexity index is 929. The number of aryl methyl sites for hydroxylation is 1. The lowest BCUT2D eigenvalue weighted by molar-refractivity contribution is 0.0662. The van der Waals surface area contributed by atoms with Gasteiger partial charge < -0.3 is 9.42 Å². The number of halogens is 1. The first kappa shape index (κ1) is 18.2. The third-order valence-corrected chi connectivity index (χ3v) is 4.94. The minimum Gasteiger partial charge on any atom is -0.337 e. The summed E-state index contributed by atoms with van der Waals surface area (Å²) in [6.45, 7) is 1.45. The molecule has 4 rings (SSSR count). The zero-order chi connectivity index (χ0) is 19.3. The lowest BCUT2D eigenvalue weighted by Gasteiger charge is -2.32. The second-order valence-electron chi connectivity index (χ2n) is 6.92. The van der Waals surface area contributed by atoms with Gasteiger partial charge in [0, 0.05) is 31.3 Å². The van der Waals surface area contributed by atoms with Crippen LogP contribution < -0.4 is 0 Å². The van der Waals surface area contributed by atoms with E-state index in [0.717, 1.165) is 25.8 Å². The number of carbonyl (C=O) groups excluding carboxylic acids is 1. The molecule has 28 heavy (non-hydrogen) atoms. The van der Waals surface area contributed by atoms with E-state index >= 15 is 0 Å². The van der Waals surface area contributed by atoms with Gasteiger partial charge in [-0.15, -0.1) is 0 Å². The summed E-state index contributed by atoms with van der Waals surface area (Å²) in [7, 11) is 0. The molecule has 0 radical (unpaired) electrons. The molecule has 1 amide bonds. The maximum atomic E-state index is 13.0. The van der Waals surface area contributed by atoms with Crippen LogP contribution in [0.4, 0.5) is 4.39 Å². The number of rotatable bonds is 5. The molecule has 0 spiro atoms. The third kappa shape index (κ3) is 4.21. The molecular weight excluding hydrogens is 361 g/mol. The fourth-order valence-corrected chi connectivity index (χ4v) is 3.46. The van der Waals surface area contributed by atoms with Crippen LogP contribution in [0.1, 0.15) is 35.6 Å². The molecule has 1 aliphatic rings. The lowest BCUT2D eigenvalue weighted by atomic mass is 9.93. The van der Waals surface area contributed by atoms with Crippen LogP contribution in [0, 0.1) is 11.7 Å². The molecule has 2 aromatic heterocycles. The molecule has 1 saturated heterocycles. The molecule has 1 atom stereocenters. The number of amides is 1. The predicted octanol–water partition coefficient (Wildman–Crippen LogP) is 3.15. The van der Waals surface area contributed by atoms with Crippen LogP contribution in [0.25, 0.3) is 11.5 Å². The van der Waals surface area contributed by atoms with E-state index in [9.17, 15) is 9.18 Å². The van der Waals surface area contributed by atoms with E-state index in [2.05, 4.69) is 20.1 Å². The molecule has 0 N–H and O–H groups in total. The molecule has 1 unspecified atom stereocenters. The number of piperidine rings is 1. The smallest absolute Gasteiger partial charge is 0.272 e. The van der Waals surface area contributed by atoms with Crippen LogP contribution in [0.2, 0.25) is 0 Å². The number of aromatic nitrogens is 4. The molecule has 1 aliphatic heterocycles. The fraction of sp³-hybridized carbons (Fsp3) is 0.350. The van der Waals surface area contributed by atoms with Crippen molar-refractivity contribution in [2.24, 2.45) is 5.92 Å². The van der Waals surface area contributed by atoms with Gasteiger partial charge in [0.15, 0.2) is 5.82 Å². The maximum absolute atomic E-state index is 13.0. The minimum absolute atomic E-state index is 0.0507. The van der Waals surface area contributed by atoms with E-state index < -0.39 is 0 Å². The topological polar surface area (TPSA) is 85.0 Å². The van der Waals surface area contributed by atoms with Gasteiger partial charge in [0.1, 0.15) is 17.8 Å². The molecule has 8 heteroatoms. The second-order valence-corrected chi connectivity index (χ2v) is 6.92. The van der Waals surface area contributed by atoms with Crippen molar-refractivity contribution in [1.29, 1.82) is 0 Å². The van der Waals surface area contributed by atoms with Gasteiger partial charge in [-0.1, -0.05) is 5.16 Å². The van der Waals surface area contributed by atoms with Crippen LogP contribution in [0.15, 0.2) is 47.4 Å². The van der Waals surface area contributed by atoms with Crippen molar-refractivity contribution in [2.45, 2.75) is 25.7 Å². The van der Waals surface area contributed by atoms with Gasteiger partial charge in [-0.2, -0.15) is 4.98 Å². The summed E-state index contributed by atoms with van der Waals surface area (Å²) in [5.74, 6) is 1.04.